The highest BCUT2D eigenvalue weighted by Gasteiger charge is 2.39. The Morgan fingerprint density at radius 1 is 1.04 bits per heavy atom. The molecule has 54 heavy (non-hydrogen) atoms. The monoisotopic (exact) mass is 784 g/mol. The molecular formula is C43H65ClN4O5S. The average Bonchev–Trinajstić information content (AvgIpc) is 3.36. The zero-order chi connectivity index (χ0) is 38.6. The van der Waals surface area contributed by atoms with E-state index in [0.717, 1.165) is 88.8 Å². The van der Waals surface area contributed by atoms with Crippen molar-refractivity contribution >= 4 is 34.2 Å². The SMILES string of the molecule is CC/C=C/C(CN1CCC(N2CCOCC2)CC1)C1CCC1CN1CC(c2ccc(Cl)cc2CCC)COc2ccc(C(=O)NS(=O)C(C)C)cc21.CO. The minimum absolute atomic E-state index is 0.152. The highest BCUT2D eigenvalue weighted by molar-refractivity contribution is 7.84. The number of hydrogen-bond donors (Lipinski definition) is 2. The molecule has 1 amide bonds. The fraction of sp³-hybridized carbons (Fsp3) is 0.651. The van der Waals surface area contributed by atoms with Gasteiger partial charge >= 0.3 is 0 Å². The molecule has 11 heteroatoms. The van der Waals surface area contributed by atoms with E-state index in [1.54, 1.807) is 6.07 Å². The minimum Gasteiger partial charge on any atom is -0.491 e. The molecule has 5 unspecified atom stereocenters. The van der Waals surface area contributed by atoms with E-state index in [1.807, 2.05) is 32.0 Å². The summed E-state index contributed by atoms with van der Waals surface area (Å²) in [6.07, 6.45) is 12.9. The zero-order valence-corrected chi connectivity index (χ0v) is 34.9. The number of benzene rings is 2. The summed E-state index contributed by atoms with van der Waals surface area (Å²) < 4.78 is 27.5. The van der Waals surface area contributed by atoms with E-state index in [0.29, 0.717) is 36.0 Å². The van der Waals surface area contributed by atoms with Crippen molar-refractivity contribution in [2.24, 2.45) is 17.8 Å². The van der Waals surface area contributed by atoms with Crippen LogP contribution in [0.15, 0.2) is 48.6 Å². The largest absolute Gasteiger partial charge is 0.491 e. The molecule has 2 aromatic rings. The highest BCUT2D eigenvalue weighted by Crippen LogP contribution is 2.44. The fourth-order valence-electron chi connectivity index (χ4n) is 8.75. The molecule has 5 atom stereocenters. The predicted molar refractivity (Wildman–Crippen MR) is 222 cm³/mol. The molecule has 2 aromatic carbocycles. The molecule has 0 bridgehead atoms. The lowest BCUT2D eigenvalue weighted by Gasteiger charge is -2.46. The van der Waals surface area contributed by atoms with Gasteiger partial charge in [0.25, 0.3) is 5.91 Å². The lowest BCUT2D eigenvalue weighted by Crippen LogP contribution is -2.50. The van der Waals surface area contributed by atoms with Crippen molar-refractivity contribution in [3.63, 3.8) is 0 Å². The Kier molecular flexibility index (Phi) is 16.7. The number of fused-ring (bicyclic) bond motifs is 1. The van der Waals surface area contributed by atoms with Crippen LogP contribution in [0.5, 0.6) is 5.75 Å². The first-order chi connectivity index (χ1) is 26.2. The van der Waals surface area contributed by atoms with Gasteiger partial charge in [-0.15, -0.1) is 0 Å². The van der Waals surface area contributed by atoms with Crippen LogP contribution < -0.4 is 14.4 Å². The predicted octanol–water partition coefficient (Wildman–Crippen LogP) is 7.09. The molecule has 0 aromatic heterocycles. The summed E-state index contributed by atoms with van der Waals surface area (Å²) in [4.78, 5) is 21.2. The van der Waals surface area contributed by atoms with Crippen LogP contribution in [0.3, 0.4) is 0 Å². The maximum atomic E-state index is 13.3. The molecule has 3 aliphatic heterocycles. The normalized spacial score (nSPS) is 23.8. The van der Waals surface area contributed by atoms with Gasteiger partial charge in [0.05, 0.1) is 25.5 Å². The molecule has 4 aliphatic rings. The number of halogens is 1. The maximum absolute atomic E-state index is 13.3. The van der Waals surface area contributed by atoms with Gasteiger partial charge in [-0.3, -0.25) is 14.4 Å². The Morgan fingerprint density at radius 3 is 2.46 bits per heavy atom. The molecule has 9 nitrogen and oxygen atoms in total. The number of carbonyl (C=O) groups excluding carboxylic acids is 1. The summed E-state index contributed by atoms with van der Waals surface area (Å²) in [5.41, 5.74) is 4.04. The summed E-state index contributed by atoms with van der Waals surface area (Å²) in [6, 6.07) is 12.7. The molecule has 1 saturated carbocycles. The molecular weight excluding hydrogens is 720 g/mol. The van der Waals surface area contributed by atoms with Gasteiger partial charge < -0.3 is 24.4 Å². The molecule has 2 saturated heterocycles. The number of nitrogens with one attached hydrogen (secondary N) is 1. The number of anilines is 1. The summed E-state index contributed by atoms with van der Waals surface area (Å²) in [5, 5.41) is 7.61. The summed E-state index contributed by atoms with van der Waals surface area (Å²) in [7, 11) is -0.448. The van der Waals surface area contributed by atoms with Crippen molar-refractivity contribution in [2.45, 2.75) is 89.9 Å². The van der Waals surface area contributed by atoms with Gasteiger partial charge in [-0.1, -0.05) is 50.1 Å². The second-order valence-electron chi connectivity index (χ2n) is 15.6. The van der Waals surface area contributed by atoms with Crippen LogP contribution in [-0.4, -0.2) is 109 Å². The van der Waals surface area contributed by atoms with Crippen LogP contribution in [-0.2, 0) is 22.1 Å². The number of hydrogen-bond acceptors (Lipinski definition) is 8. The van der Waals surface area contributed by atoms with Crippen LogP contribution in [0.1, 0.15) is 93.6 Å². The van der Waals surface area contributed by atoms with Gasteiger partial charge in [-0.25, -0.2) is 4.21 Å². The molecule has 1 aliphatic carbocycles. The quantitative estimate of drug-likeness (QED) is 0.196. The van der Waals surface area contributed by atoms with Crippen molar-refractivity contribution in [3.05, 3.63) is 70.3 Å². The third-order valence-corrected chi connectivity index (χ3v) is 13.3. The average molecular weight is 786 g/mol. The maximum Gasteiger partial charge on any atom is 0.263 e. The Morgan fingerprint density at radius 2 is 1.80 bits per heavy atom. The zero-order valence-electron chi connectivity index (χ0n) is 33.3. The topological polar surface area (TPSA) is 94.6 Å². The number of carbonyl (C=O) groups is 1. The van der Waals surface area contributed by atoms with E-state index in [4.69, 9.17) is 26.2 Å². The number of ether oxygens (including phenoxy) is 2. The van der Waals surface area contributed by atoms with Gasteiger partial charge in [-0.2, -0.15) is 0 Å². The van der Waals surface area contributed by atoms with Gasteiger partial charge in [0.15, 0.2) is 0 Å². The van der Waals surface area contributed by atoms with Crippen LogP contribution in [0.2, 0.25) is 5.02 Å². The number of aryl methyl sites for hydroxylation is 1. The van der Waals surface area contributed by atoms with E-state index in [1.165, 1.54) is 49.9 Å². The van der Waals surface area contributed by atoms with Crippen LogP contribution >= 0.6 is 11.6 Å². The van der Waals surface area contributed by atoms with Gasteiger partial charge in [0, 0.05) is 67.6 Å². The van der Waals surface area contributed by atoms with Crippen molar-refractivity contribution < 1.29 is 23.6 Å². The fourth-order valence-corrected chi connectivity index (χ4v) is 9.48. The van der Waals surface area contributed by atoms with Crippen LogP contribution in [0.4, 0.5) is 5.69 Å². The van der Waals surface area contributed by atoms with Gasteiger partial charge in [0.1, 0.15) is 16.7 Å². The van der Waals surface area contributed by atoms with Crippen molar-refractivity contribution in [1.82, 2.24) is 14.5 Å². The lowest BCUT2D eigenvalue weighted by atomic mass is 9.66. The lowest BCUT2D eigenvalue weighted by molar-refractivity contribution is -0.00212. The van der Waals surface area contributed by atoms with Crippen LogP contribution in [0.25, 0.3) is 0 Å². The van der Waals surface area contributed by atoms with E-state index >= 15 is 0 Å². The van der Waals surface area contributed by atoms with Crippen molar-refractivity contribution in [3.8, 4) is 5.75 Å². The number of rotatable bonds is 14. The molecule has 0 spiro atoms. The van der Waals surface area contributed by atoms with Crippen molar-refractivity contribution in [2.75, 3.05) is 77.6 Å². The molecule has 2 N–H and O–H groups in total. The number of allylic oxidation sites excluding steroid dienone is 1. The van der Waals surface area contributed by atoms with Crippen LogP contribution in [0, 0.1) is 17.8 Å². The molecule has 3 fully saturated rings. The summed E-state index contributed by atoms with van der Waals surface area (Å²) in [6.45, 7) is 17.7. The van der Waals surface area contributed by atoms with E-state index < -0.39 is 11.0 Å². The molecule has 6 rings (SSSR count). The number of nitrogens with zero attached hydrogens (tertiary/aromatic N) is 3. The first-order valence-electron chi connectivity index (χ1n) is 20.4. The van der Waals surface area contributed by atoms with E-state index in [2.05, 4.69) is 57.6 Å². The Bertz CT molecular complexity index is 1540. The third-order valence-electron chi connectivity index (χ3n) is 11.8. The number of aliphatic hydroxyl groups excluding tert-OH is 1. The Hall–Kier alpha value is -2.47. The van der Waals surface area contributed by atoms with Gasteiger partial charge in [-0.05, 0) is 125 Å². The molecule has 300 valence electrons. The summed E-state index contributed by atoms with van der Waals surface area (Å²) >= 11 is 6.50. The van der Waals surface area contributed by atoms with Crippen molar-refractivity contribution in [1.29, 1.82) is 0 Å². The summed E-state index contributed by atoms with van der Waals surface area (Å²) in [5.74, 6) is 2.30. The third kappa shape index (κ3) is 11.1. The number of likely N-dealkylation sites (tertiary alicyclic amines) is 1. The minimum atomic E-state index is -1.45. The second-order valence-corrected chi connectivity index (χ2v) is 17.8. The number of amides is 1. The highest BCUT2D eigenvalue weighted by atomic mass is 35.5. The van der Waals surface area contributed by atoms with E-state index in [-0.39, 0.29) is 17.1 Å². The molecule has 3 heterocycles. The number of morpholine rings is 1. The number of piperidine rings is 1. The second kappa shape index (κ2) is 21.2. The smallest absolute Gasteiger partial charge is 0.263 e. The number of aliphatic hydroxyl groups is 1. The first-order valence-corrected chi connectivity index (χ1v) is 22.0. The molecule has 0 radical (unpaired) electrons. The Labute approximate surface area is 332 Å². The first kappa shape index (κ1) is 42.7. The van der Waals surface area contributed by atoms with E-state index in [9.17, 15) is 9.00 Å². The standard InChI is InChI=1S/C42H61ClN4O4S.CH4O/c1-5-7-9-33(26-45-18-16-37(17-19-45)46-20-22-50-23-21-46)39-13-10-34(39)27-47-28-35(38-14-12-36(43)24-31(38)8-6-2)29-51-41-15-11-32(25-40(41)47)42(48)44-52(49)30(3)4;1-2/h7,9,11-12,14-15,24-25,30,33-35,37,39H,5-6,8,10,13,16-23,26-29H2,1-4H3,(H,44,48);2H,1H3/b9-7+;. The van der Waals surface area contributed by atoms with Gasteiger partial charge in [0.2, 0.25) is 0 Å². The Balaban J connectivity index is 0.00000276.